The number of halogens is 3. The summed E-state index contributed by atoms with van der Waals surface area (Å²) < 4.78 is 35.7. The molecule has 2 N–H and O–H groups in total. The molecule has 0 unspecified atom stereocenters. The number of hydrogen-bond acceptors (Lipinski definition) is 3. The SMILES string of the molecule is O=C(O)C(=O)c1ccc(NC(=O)C(F)(F)F)cc1. The normalized spacial score (nSPS) is 10.8. The minimum absolute atomic E-state index is 0.195. The van der Waals surface area contributed by atoms with Crippen LogP contribution in [0.5, 0.6) is 0 Å². The van der Waals surface area contributed by atoms with E-state index in [-0.39, 0.29) is 11.3 Å². The lowest BCUT2D eigenvalue weighted by Crippen LogP contribution is -2.29. The molecule has 0 saturated heterocycles. The predicted molar refractivity (Wildman–Crippen MR) is 53.1 cm³/mol. The fourth-order valence-electron chi connectivity index (χ4n) is 1.03. The van der Waals surface area contributed by atoms with Crippen LogP contribution < -0.4 is 5.32 Å². The standard InChI is InChI=1S/C10H6F3NO4/c11-10(12,13)9(18)14-6-3-1-5(2-4-6)7(15)8(16)17/h1-4H,(H,14,18)(H,16,17). The third-order valence-corrected chi connectivity index (χ3v) is 1.86. The Kier molecular flexibility index (Phi) is 3.70. The van der Waals surface area contributed by atoms with Gasteiger partial charge in [0.1, 0.15) is 0 Å². The van der Waals surface area contributed by atoms with Crippen molar-refractivity contribution in [2.24, 2.45) is 0 Å². The first-order valence-corrected chi connectivity index (χ1v) is 4.47. The van der Waals surface area contributed by atoms with E-state index >= 15 is 0 Å². The summed E-state index contributed by atoms with van der Waals surface area (Å²) in [6.45, 7) is 0. The van der Waals surface area contributed by atoms with Crippen LogP contribution in [0.1, 0.15) is 10.4 Å². The van der Waals surface area contributed by atoms with Crippen LogP contribution in [0.2, 0.25) is 0 Å². The maximum Gasteiger partial charge on any atom is 0.471 e. The summed E-state index contributed by atoms with van der Waals surface area (Å²) in [5.74, 6) is -5.02. The van der Waals surface area contributed by atoms with Crippen LogP contribution in [-0.2, 0) is 9.59 Å². The molecular formula is C10H6F3NO4. The van der Waals surface area contributed by atoms with Gasteiger partial charge in [0.25, 0.3) is 5.78 Å². The lowest BCUT2D eigenvalue weighted by atomic mass is 10.1. The van der Waals surface area contributed by atoms with Gasteiger partial charge in [-0.15, -0.1) is 0 Å². The first kappa shape index (κ1) is 13.7. The molecule has 0 aromatic heterocycles. The molecular weight excluding hydrogens is 255 g/mol. The highest BCUT2D eigenvalue weighted by atomic mass is 19.4. The van der Waals surface area contributed by atoms with Crippen molar-refractivity contribution in [1.82, 2.24) is 0 Å². The van der Waals surface area contributed by atoms with Gasteiger partial charge in [0.2, 0.25) is 0 Å². The van der Waals surface area contributed by atoms with Crippen molar-refractivity contribution in [1.29, 1.82) is 0 Å². The van der Waals surface area contributed by atoms with Gasteiger partial charge in [-0.25, -0.2) is 4.79 Å². The van der Waals surface area contributed by atoms with Gasteiger partial charge in [-0.2, -0.15) is 13.2 Å². The number of alkyl halides is 3. The molecule has 96 valence electrons. The average molecular weight is 261 g/mol. The fourth-order valence-corrected chi connectivity index (χ4v) is 1.03. The van der Waals surface area contributed by atoms with Gasteiger partial charge in [-0.05, 0) is 24.3 Å². The Morgan fingerprint density at radius 3 is 1.94 bits per heavy atom. The molecule has 1 rings (SSSR count). The van der Waals surface area contributed by atoms with E-state index in [1.54, 1.807) is 5.32 Å². The molecule has 0 bridgehead atoms. The molecule has 0 radical (unpaired) electrons. The zero-order valence-corrected chi connectivity index (χ0v) is 8.62. The lowest BCUT2D eigenvalue weighted by Gasteiger charge is -2.07. The summed E-state index contributed by atoms with van der Waals surface area (Å²) in [7, 11) is 0. The second-order valence-electron chi connectivity index (χ2n) is 3.16. The van der Waals surface area contributed by atoms with E-state index in [2.05, 4.69) is 0 Å². The van der Waals surface area contributed by atoms with Crippen molar-refractivity contribution in [3.05, 3.63) is 29.8 Å². The molecule has 1 aromatic rings. The number of carbonyl (C=O) groups excluding carboxylic acids is 2. The molecule has 5 nitrogen and oxygen atoms in total. The monoisotopic (exact) mass is 261 g/mol. The maximum absolute atomic E-state index is 11.9. The molecule has 0 aliphatic rings. The Balaban J connectivity index is 2.81. The van der Waals surface area contributed by atoms with Crippen molar-refractivity contribution in [2.75, 3.05) is 5.32 Å². The fraction of sp³-hybridized carbons (Fsp3) is 0.100. The van der Waals surface area contributed by atoms with E-state index in [0.29, 0.717) is 0 Å². The highest BCUT2D eigenvalue weighted by Crippen LogP contribution is 2.18. The van der Waals surface area contributed by atoms with Crippen LogP contribution >= 0.6 is 0 Å². The molecule has 0 spiro atoms. The van der Waals surface area contributed by atoms with Gasteiger partial charge in [-0.1, -0.05) is 0 Å². The second kappa shape index (κ2) is 4.86. The minimum Gasteiger partial charge on any atom is -0.475 e. The van der Waals surface area contributed by atoms with Gasteiger partial charge in [0.05, 0.1) is 0 Å². The highest BCUT2D eigenvalue weighted by molar-refractivity contribution is 6.39. The Morgan fingerprint density at radius 2 is 1.56 bits per heavy atom. The van der Waals surface area contributed by atoms with Crippen molar-refractivity contribution in [3.63, 3.8) is 0 Å². The number of amides is 1. The number of aliphatic carboxylic acids is 1. The topological polar surface area (TPSA) is 83.5 Å². The summed E-state index contributed by atoms with van der Waals surface area (Å²) in [5.41, 5.74) is -0.397. The number of hydrogen-bond donors (Lipinski definition) is 2. The van der Waals surface area contributed by atoms with Crippen LogP contribution in [0.15, 0.2) is 24.3 Å². The summed E-state index contributed by atoms with van der Waals surface area (Å²) in [6.07, 6.45) is -5.02. The van der Waals surface area contributed by atoms with Gasteiger partial charge in [0, 0.05) is 11.3 Å². The quantitative estimate of drug-likeness (QED) is 0.637. The Bertz CT molecular complexity index is 493. The number of rotatable bonds is 3. The third-order valence-electron chi connectivity index (χ3n) is 1.86. The Hall–Kier alpha value is -2.38. The second-order valence-corrected chi connectivity index (χ2v) is 3.16. The van der Waals surface area contributed by atoms with Gasteiger partial charge in [0.15, 0.2) is 0 Å². The molecule has 0 aliphatic heterocycles. The number of benzene rings is 1. The highest BCUT2D eigenvalue weighted by Gasteiger charge is 2.38. The smallest absolute Gasteiger partial charge is 0.471 e. The zero-order chi connectivity index (χ0) is 13.9. The largest absolute Gasteiger partial charge is 0.475 e. The predicted octanol–water partition coefficient (Wildman–Crippen LogP) is 1.45. The number of carboxylic acids is 1. The lowest BCUT2D eigenvalue weighted by molar-refractivity contribution is -0.167. The number of anilines is 1. The Morgan fingerprint density at radius 1 is 1.06 bits per heavy atom. The van der Waals surface area contributed by atoms with E-state index < -0.39 is 23.8 Å². The van der Waals surface area contributed by atoms with Crippen LogP contribution in [-0.4, -0.2) is 28.9 Å². The minimum atomic E-state index is -5.02. The van der Waals surface area contributed by atoms with Crippen molar-refractivity contribution < 1.29 is 32.7 Å². The van der Waals surface area contributed by atoms with E-state index in [9.17, 15) is 27.6 Å². The van der Waals surface area contributed by atoms with Gasteiger partial charge < -0.3 is 10.4 Å². The third kappa shape index (κ3) is 3.30. The van der Waals surface area contributed by atoms with E-state index in [4.69, 9.17) is 5.11 Å². The van der Waals surface area contributed by atoms with Gasteiger partial charge in [-0.3, -0.25) is 9.59 Å². The average Bonchev–Trinajstić information content (AvgIpc) is 2.27. The molecule has 0 atom stereocenters. The van der Waals surface area contributed by atoms with Crippen molar-refractivity contribution >= 4 is 23.3 Å². The van der Waals surface area contributed by atoms with Gasteiger partial charge >= 0.3 is 18.1 Å². The summed E-state index contributed by atoms with van der Waals surface area (Å²) in [6, 6.07) is 4.00. The molecule has 18 heavy (non-hydrogen) atoms. The number of ketones is 1. The van der Waals surface area contributed by atoms with E-state index in [1.807, 2.05) is 0 Å². The summed E-state index contributed by atoms with van der Waals surface area (Å²) in [4.78, 5) is 31.9. The molecule has 0 heterocycles. The first-order chi connectivity index (χ1) is 8.21. The van der Waals surface area contributed by atoms with E-state index in [1.165, 1.54) is 0 Å². The molecule has 1 amide bonds. The van der Waals surface area contributed by atoms with Crippen LogP contribution in [0.25, 0.3) is 0 Å². The maximum atomic E-state index is 11.9. The van der Waals surface area contributed by atoms with E-state index in [0.717, 1.165) is 24.3 Å². The molecule has 8 heteroatoms. The number of nitrogens with one attached hydrogen (secondary N) is 1. The molecule has 0 saturated carbocycles. The number of carboxylic acid groups (broad SMARTS) is 1. The Labute approximate surface area is 98.2 Å². The molecule has 1 aromatic carbocycles. The molecule has 0 aliphatic carbocycles. The summed E-state index contributed by atoms with van der Waals surface area (Å²) >= 11 is 0. The summed E-state index contributed by atoms with van der Waals surface area (Å²) in [5, 5.41) is 9.94. The number of Topliss-reactive ketones (excluding diaryl/α,β-unsaturated/α-hetero) is 1. The van der Waals surface area contributed by atoms with Crippen LogP contribution in [0.4, 0.5) is 18.9 Å². The van der Waals surface area contributed by atoms with Crippen molar-refractivity contribution in [2.45, 2.75) is 6.18 Å². The van der Waals surface area contributed by atoms with Crippen LogP contribution in [0, 0.1) is 0 Å². The first-order valence-electron chi connectivity index (χ1n) is 4.47. The zero-order valence-electron chi connectivity index (χ0n) is 8.62. The molecule has 0 fully saturated rings. The van der Waals surface area contributed by atoms with Crippen LogP contribution in [0.3, 0.4) is 0 Å². The number of carbonyl (C=O) groups is 3. The van der Waals surface area contributed by atoms with Crippen molar-refractivity contribution in [3.8, 4) is 0 Å².